The van der Waals surface area contributed by atoms with Crippen molar-refractivity contribution in [1.82, 2.24) is 29.7 Å². The second-order valence-corrected chi connectivity index (χ2v) is 10.3. The zero-order valence-corrected chi connectivity index (χ0v) is 21.3. The first-order valence-electron chi connectivity index (χ1n) is 12.2. The van der Waals surface area contributed by atoms with E-state index in [0.717, 1.165) is 82.8 Å². The van der Waals surface area contributed by atoms with E-state index in [9.17, 15) is 0 Å². The fourth-order valence-corrected chi connectivity index (χ4v) is 5.29. The number of piperazine rings is 1. The topological polar surface area (TPSA) is 73.0 Å². The summed E-state index contributed by atoms with van der Waals surface area (Å²) in [5.74, 6) is 0.890. The number of anilines is 2. The van der Waals surface area contributed by atoms with Gasteiger partial charge >= 0.3 is 0 Å². The van der Waals surface area contributed by atoms with Crippen molar-refractivity contribution in [3.8, 4) is 22.6 Å². The van der Waals surface area contributed by atoms with Crippen molar-refractivity contribution in [1.29, 1.82) is 0 Å². The van der Waals surface area contributed by atoms with Crippen LogP contribution in [0.25, 0.3) is 33.7 Å². The Bertz CT molecular complexity index is 1470. The molecule has 0 bridgehead atoms. The first-order valence-corrected chi connectivity index (χ1v) is 13.1. The summed E-state index contributed by atoms with van der Waals surface area (Å²) in [6.07, 6.45) is 3.61. The number of aromatic amines is 1. The molecule has 182 valence electrons. The Hall–Kier alpha value is -3.59. The van der Waals surface area contributed by atoms with E-state index < -0.39 is 0 Å². The van der Waals surface area contributed by atoms with Crippen LogP contribution in [0.15, 0.2) is 66.3 Å². The fourth-order valence-electron chi connectivity index (χ4n) is 4.56. The summed E-state index contributed by atoms with van der Waals surface area (Å²) < 4.78 is 0. The van der Waals surface area contributed by atoms with Gasteiger partial charge in [0.2, 0.25) is 0 Å². The maximum Gasteiger partial charge on any atom is 0.187 e. The maximum atomic E-state index is 4.90. The monoisotopic (exact) mass is 495 g/mol. The zero-order valence-electron chi connectivity index (χ0n) is 20.5. The van der Waals surface area contributed by atoms with Gasteiger partial charge in [-0.3, -0.25) is 9.88 Å². The summed E-state index contributed by atoms with van der Waals surface area (Å²) in [5, 5.41) is 6.38. The third kappa shape index (κ3) is 4.88. The number of H-pyrrole nitrogens is 1. The van der Waals surface area contributed by atoms with Crippen LogP contribution in [0, 0.1) is 6.92 Å². The van der Waals surface area contributed by atoms with Gasteiger partial charge in [0.25, 0.3) is 0 Å². The first-order chi connectivity index (χ1) is 17.6. The van der Waals surface area contributed by atoms with Gasteiger partial charge in [-0.2, -0.15) is 0 Å². The summed E-state index contributed by atoms with van der Waals surface area (Å²) in [4.78, 5) is 22.2. The van der Waals surface area contributed by atoms with E-state index in [1.807, 2.05) is 23.7 Å². The number of fused-ring (bicyclic) bond motifs is 1. The molecule has 3 aromatic heterocycles. The number of thiazole rings is 1. The molecular formula is C28H29N7S. The standard InChI is InChI=1S/C28H29N7S/c1-19-14-24-25(15-23(19)32-28-33-26(18-36-28)22-4-3-9-29-16-22)31-27(30-24)21-7-5-20(6-8-21)17-35-12-10-34(2)11-13-35/h3-9,14-16,18H,10-13,17H2,1-2H3,(H,30,31)(H,32,33). The number of imidazole rings is 1. The maximum absolute atomic E-state index is 4.90. The van der Waals surface area contributed by atoms with Gasteiger partial charge < -0.3 is 15.2 Å². The molecular weight excluding hydrogens is 466 g/mol. The van der Waals surface area contributed by atoms with Gasteiger partial charge in [0.05, 0.1) is 16.7 Å². The summed E-state index contributed by atoms with van der Waals surface area (Å²) in [5.41, 5.74) is 8.49. The van der Waals surface area contributed by atoms with E-state index in [2.05, 4.69) is 75.5 Å². The number of rotatable bonds is 6. The molecule has 0 aliphatic carbocycles. The van der Waals surface area contributed by atoms with E-state index in [1.54, 1.807) is 17.5 Å². The lowest BCUT2D eigenvalue weighted by molar-refractivity contribution is 0.148. The number of likely N-dealkylation sites (N-methyl/N-ethyl adjacent to an activating group) is 1. The van der Waals surface area contributed by atoms with Gasteiger partial charge in [0.15, 0.2) is 5.13 Å². The Balaban J connectivity index is 1.18. The third-order valence-corrected chi connectivity index (χ3v) is 7.52. The van der Waals surface area contributed by atoms with Crippen LogP contribution in [-0.2, 0) is 6.54 Å². The molecule has 1 aliphatic rings. The minimum atomic E-state index is 0.850. The summed E-state index contributed by atoms with van der Waals surface area (Å²) in [7, 11) is 2.19. The molecule has 4 heterocycles. The van der Waals surface area contributed by atoms with Crippen LogP contribution >= 0.6 is 11.3 Å². The predicted octanol–water partition coefficient (Wildman–Crippen LogP) is 5.55. The molecule has 6 rings (SSSR count). The van der Waals surface area contributed by atoms with Crippen molar-refractivity contribution in [3.05, 3.63) is 77.4 Å². The number of hydrogen-bond acceptors (Lipinski definition) is 7. The molecule has 0 amide bonds. The van der Waals surface area contributed by atoms with Crippen LogP contribution in [0.3, 0.4) is 0 Å². The van der Waals surface area contributed by atoms with Crippen molar-refractivity contribution in [2.24, 2.45) is 0 Å². The SMILES string of the molecule is Cc1cc2[nH]c(-c3ccc(CN4CCN(C)CC4)cc3)nc2cc1Nc1nc(-c2cccnc2)cs1. The smallest absolute Gasteiger partial charge is 0.187 e. The van der Waals surface area contributed by atoms with Crippen LogP contribution in [0.4, 0.5) is 10.8 Å². The second kappa shape index (κ2) is 9.81. The number of aryl methyl sites for hydroxylation is 1. The molecule has 0 saturated carbocycles. The minimum Gasteiger partial charge on any atom is -0.338 e. The van der Waals surface area contributed by atoms with Crippen molar-refractivity contribution in [2.45, 2.75) is 13.5 Å². The Morgan fingerprint density at radius 3 is 2.61 bits per heavy atom. The Kier molecular flexibility index (Phi) is 6.23. The lowest BCUT2D eigenvalue weighted by Gasteiger charge is -2.32. The number of nitrogens with one attached hydrogen (secondary N) is 2. The highest BCUT2D eigenvalue weighted by atomic mass is 32.1. The number of pyridine rings is 1. The quantitative estimate of drug-likeness (QED) is 0.322. The van der Waals surface area contributed by atoms with Gasteiger partial charge in [-0.15, -0.1) is 11.3 Å². The van der Waals surface area contributed by atoms with Crippen molar-refractivity contribution in [3.63, 3.8) is 0 Å². The normalized spacial score (nSPS) is 14.9. The summed E-state index contributed by atoms with van der Waals surface area (Å²) >= 11 is 1.59. The molecule has 0 radical (unpaired) electrons. The minimum absolute atomic E-state index is 0.850. The van der Waals surface area contributed by atoms with Crippen LogP contribution in [0.1, 0.15) is 11.1 Å². The summed E-state index contributed by atoms with van der Waals surface area (Å²) in [6.45, 7) is 7.64. The molecule has 36 heavy (non-hydrogen) atoms. The van der Waals surface area contributed by atoms with Gasteiger partial charge in [-0.25, -0.2) is 9.97 Å². The molecule has 0 unspecified atom stereocenters. The average Bonchev–Trinajstić information content (AvgIpc) is 3.54. The van der Waals surface area contributed by atoms with Gasteiger partial charge in [-0.1, -0.05) is 24.3 Å². The van der Waals surface area contributed by atoms with Crippen molar-refractivity contribution < 1.29 is 0 Å². The largest absolute Gasteiger partial charge is 0.338 e. The van der Waals surface area contributed by atoms with Crippen LogP contribution < -0.4 is 5.32 Å². The van der Waals surface area contributed by atoms with E-state index in [4.69, 9.17) is 9.97 Å². The number of nitrogens with zero attached hydrogens (tertiary/aromatic N) is 5. The Morgan fingerprint density at radius 1 is 1.00 bits per heavy atom. The highest BCUT2D eigenvalue weighted by Crippen LogP contribution is 2.31. The van der Waals surface area contributed by atoms with Crippen LogP contribution in [0.2, 0.25) is 0 Å². The van der Waals surface area contributed by atoms with Gasteiger partial charge in [-0.05, 0) is 49.4 Å². The van der Waals surface area contributed by atoms with Gasteiger partial charge in [0.1, 0.15) is 5.82 Å². The molecule has 8 heteroatoms. The fraction of sp³-hybridized carbons (Fsp3) is 0.250. The van der Waals surface area contributed by atoms with E-state index in [-0.39, 0.29) is 0 Å². The lowest BCUT2D eigenvalue weighted by atomic mass is 10.1. The summed E-state index contributed by atoms with van der Waals surface area (Å²) in [6, 6.07) is 17.0. The van der Waals surface area contributed by atoms with Crippen LogP contribution in [0.5, 0.6) is 0 Å². The molecule has 7 nitrogen and oxygen atoms in total. The molecule has 0 atom stereocenters. The van der Waals surface area contributed by atoms with Gasteiger partial charge in [0, 0.05) is 67.3 Å². The molecule has 1 aliphatic heterocycles. The third-order valence-electron chi connectivity index (χ3n) is 6.76. The average molecular weight is 496 g/mol. The van der Waals surface area contributed by atoms with E-state index in [0.29, 0.717) is 0 Å². The lowest BCUT2D eigenvalue weighted by Crippen LogP contribution is -2.43. The molecule has 0 spiro atoms. The number of aromatic nitrogens is 4. The number of benzene rings is 2. The molecule has 2 aromatic carbocycles. The van der Waals surface area contributed by atoms with E-state index >= 15 is 0 Å². The molecule has 5 aromatic rings. The zero-order chi connectivity index (χ0) is 24.5. The predicted molar refractivity (Wildman–Crippen MR) is 148 cm³/mol. The highest BCUT2D eigenvalue weighted by molar-refractivity contribution is 7.14. The highest BCUT2D eigenvalue weighted by Gasteiger charge is 2.14. The van der Waals surface area contributed by atoms with E-state index in [1.165, 1.54) is 5.56 Å². The molecule has 1 saturated heterocycles. The second-order valence-electron chi connectivity index (χ2n) is 9.45. The molecule has 2 N–H and O–H groups in total. The van der Waals surface area contributed by atoms with Crippen molar-refractivity contribution in [2.75, 3.05) is 38.5 Å². The van der Waals surface area contributed by atoms with Crippen molar-refractivity contribution >= 4 is 33.2 Å². The van der Waals surface area contributed by atoms with Crippen LogP contribution in [-0.4, -0.2) is 63.0 Å². The first kappa shape index (κ1) is 22.8. The number of hydrogen-bond donors (Lipinski definition) is 2. The molecule has 1 fully saturated rings. The Morgan fingerprint density at radius 2 is 1.83 bits per heavy atom. The Labute approximate surface area is 214 Å².